The molecule has 0 aromatic carbocycles. The lowest BCUT2D eigenvalue weighted by molar-refractivity contribution is -0.115. The van der Waals surface area contributed by atoms with E-state index in [0.29, 0.717) is 11.0 Å². The van der Waals surface area contributed by atoms with Crippen molar-refractivity contribution in [2.24, 2.45) is 14.1 Å². The summed E-state index contributed by atoms with van der Waals surface area (Å²) in [6, 6.07) is 3.78. The zero-order chi connectivity index (χ0) is 18.8. The summed E-state index contributed by atoms with van der Waals surface area (Å²) in [5.41, 5.74) is 3.37. The minimum absolute atomic E-state index is 0.0971. The maximum atomic E-state index is 12.6. The van der Waals surface area contributed by atoms with E-state index >= 15 is 0 Å². The molecule has 1 amide bonds. The van der Waals surface area contributed by atoms with Crippen LogP contribution in [0, 0.1) is 13.8 Å². The molecule has 3 aromatic rings. The van der Waals surface area contributed by atoms with Crippen LogP contribution in [0.4, 0.5) is 5.69 Å². The van der Waals surface area contributed by atoms with Crippen molar-refractivity contribution in [3.63, 3.8) is 0 Å². The van der Waals surface area contributed by atoms with E-state index in [4.69, 9.17) is 0 Å². The number of thioether (sulfide) groups is 1. The molecule has 0 aliphatic heterocycles. The first-order valence-corrected chi connectivity index (χ1v) is 9.04. The van der Waals surface area contributed by atoms with Gasteiger partial charge in [0.05, 0.1) is 22.3 Å². The molecule has 1 atom stereocenters. The first-order chi connectivity index (χ1) is 12.4. The van der Waals surface area contributed by atoms with Crippen LogP contribution in [0.5, 0.6) is 0 Å². The van der Waals surface area contributed by atoms with Gasteiger partial charge in [0.1, 0.15) is 0 Å². The molecule has 136 valence electrons. The highest BCUT2D eigenvalue weighted by molar-refractivity contribution is 8.00. The highest BCUT2D eigenvalue weighted by Gasteiger charge is 2.21. The Morgan fingerprint density at radius 1 is 1.27 bits per heavy atom. The second-order valence-electron chi connectivity index (χ2n) is 6.03. The molecular weight excluding hydrogens is 350 g/mol. The Labute approximate surface area is 156 Å². The van der Waals surface area contributed by atoms with Gasteiger partial charge in [0.2, 0.25) is 5.91 Å². The third kappa shape index (κ3) is 3.48. The van der Waals surface area contributed by atoms with Gasteiger partial charge in [0.25, 0.3) is 0 Å². The van der Waals surface area contributed by atoms with Gasteiger partial charge in [0.15, 0.2) is 11.0 Å². The van der Waals surface area contributed by atoms with Gasteiger partial charge in [-0.3, -0.25) is 14.5 Å². The van der Waals surface area contributed by atoms with Gasteiger partial charge in [-0.25, -0.2) is 0 Å². The third-order valence-electron chi connectivity index (χ3n) is 4.16. The van der Waals surface area contributed by atoms with Crippen LogP contribution in [0.25, 0.3) is 11.4 Å². The van der Waals surface area contributed by atoms with Gasteiger partial charge >= 0.3 is 0 Å². The summed E-state index contributed by atoms with van der Waals surface area (Å²) in [4.78, 5) is 16.7. The van der Waals surface area contributed by atoms with Gasteiger partial charge < -0.3 is 9.88 Å². The van der Waals surface area contributed by atoms with Crippen LogP contribution < -0.4 is 5.32 Å². The molecule has 8 nitrogen and oxygen atoms in total. The topological polar surface area (TPSA) is 90.5 Å². The van der Waals surface area contributed by atoms with Crippen LogP contribution in [0.1, 0.15) is 18.3 Å². The fourth-order valence-electron chi connectivity index (χ4n) is 2.55. The molecule has 1 N–H and O–H groups in total. The number of nitrogens with one attached hydrogen (secondary N) is 1. The van der Waals surface area contributed by atoms with Crippen molar-refractivity contribution in [1.82, 2.24) is 29.5 Å². The Hall–Kier alpha value is -2.68. The molecule has 26 heavy (non-hydrogen) atoms. The number of aryl methyl sites for hydroxylation is 2. The monoisotopic (exact) mass is 371 g/mol. The van der Waals surface area contributed by atoms with Gasteiger partial charge in [-0.2, -0.15) is 5.10 Å². The smallest absolute Gasteiger partial charge is 0.237 e. The van der Waals surface area contributed by atoms with E-state index in [2.05, 4.69) is 25.6 Å². The minimum atomic E-state index is -0.335. The number of amides is 1. The van der Waals surface area contributed by atoms with Crippen molar-refractivity contribution in [2.75, 3.05) is 5.32 Å². The van der Waals surface area contributed by atoms with Crippen LogP contribution in [0.3, 0.4) is 0 Å². The van der Waals surface area contributed by atoms with E-state index in [-0.39, 0.29) is 11.2 Å². The second-order valence-corrected chi connectivity index (χ2v) is 7.33. The molecule has 0 aliphatic rings. The molecule has 3 heterocycles. The van der Waals surface area contributed by atoms with Gasteiger partial charge in [-0.05, 0) is 32.9 Å². The summed E-state index contributed by atoms with van der Waals surface area (Å²) in [5.74, 6) is 0.618. The summed E-state index contributed by atoms with van der Waals surface area (Å²) in [5, 5.41) is 16.1. The highest BCUT2D eigenvalue weighted by Crippen LogP contribution is 2.27. The largest absolute Gasteiger partial charge is 0.322 e. The van der Waals surface area contributed by atoms with Crippen LogP contribution in [0.15, 0.2) is 29.7 Å². The molecule has 0 fully saturated rings. The van der Waals surface area contributed by atoms with Crippen molar-refractivity contribution in [1.29, 1.82) is 0 Å². The van der Waals surface area contributed by atoms with E-state index in [1.807, 2.05) is 51.6 Å². The number of anilines is 1. The third-order valence-corrected chi connectivity index (χ3v) is 5.30. The molecule has 3 aromatic heterocycles. The van der Waals surface area contributed by atoms with Crippen molar-refractivity contribution < 1.29 is 4.79 Å². The van der Waals surface area contributed by atoms with Crippen molar-refractivity contribution in [3.8, 4) is 11.4 Å². The first kappa shape index (κ1) is 18.1. The van der Waals surface area contributed by atoms with Gasteiger partial charge in [-0.15, -0.1) is 10.2 Å². The number of carbonyl (C=O) groups is 1. The molecule has 0 bridgehead atoms. The second kappa shape index (κ2) is 7.28. The first-order valence-electron chi connectivity index (χ1n) is 8.16. The number of pyridine rings is 1. The molecule has 0 unspecified atom stereocenters. The van der Waals surface area contributed by atoms with Crippen LogP contribution in [-0.4, -0.2) is 40.7 Å². The molecule has 0 saturated carbocycles. The van der Waals surface area contributed by atoms with Crippen molar-refractivity contribution >= 4 is 23.4 Å². The molecule has 0 spiro atoms. The van der Waals surface area contributed by atoms with Crippen LogP contribution in [0.2, 0.25) is 0 Å². The Kier molecular flexibility index (Phi) is 5.08. The lowest BCUT2D eigenvalue weighted by Gasteiger charge is -2.12. The molecule has 3 rings (SSSR count). The molecule has 0 saturated heterocycles. The maximum absolute atomic E-state index is 12.6. The quantitative estimate of drug-likeness (QED) is 0.692. The van der Waals surface area contributed by atoms with Gasteiger partial charge in [-0.1, -0.05) is 11.8 Å². The SMILES string of the molecule is Cc1nn(C)c(C)c1NC(=O)[C@@H](C)Sc1nnc(-c2cccnc2)n1C. The summed E-state index contributed by atoms with van der Waals surface area (Å²) < 4.78 is 3.62. The zero-order valence-corrected chi connectivity index (χ0v) is 16.2. The van der Waals surface area contributed by atoms with E-state index in [0.717, 1.165) is 22.6 Å². The van der Waals surface area contributed by atoms with E-state index in [1.54, 1.807) is 17.1 Å². The standard InChI is InChI=1S/C17H21N7OS/c1-10-14(11(2)24(5)22-10)19-16(25)12(3)26-17-21-20-15(23(17)4)13-7-6-8-18-9-13/h6-9,12H,1-5H3,(H,19,25)/t12-/m1/s1. The van der Waals surface area contributed by atoms with Gasteiger partial charge in [0, 0.05) is 32.1 Å². The lowest BCUT2D eigenvalue weighted by atomic mass is 10.3. The highest BCUT2D eigenvalue weighted by atomic mass is 32.2. The summed E-state index contributed by atoms with van der Waals surface area (Å²) >= 11 is 1.36. The number of aromatic nitrogens is 6. The average molecular weight is 371 g/mol. The van der Waals surface area contributed by atoms with E-state index in [1.165, 1.54) is 11.8 Å². The summed E-state index contributed by atoms with van der Waals surface area (Å²) in [6.45, 7) is 5.65. The van der Waals surface area contributed by atoms with E-state index < -0.39 is 0 Å². The summed E-state index contributed by atoms with van der Waals surface area (Å²) in [7, 11) is 3.74. The zero-order valence-electron chi connectivity index (χ0n) is 15.4. The Balaban J connectivity index is 1.73. The van der Waals surface area contributed by atoms with Crippen molar-refractivity contribution in [3.05, 3.63) is 35.9 Å². The normalized spacial score (nSPS) is 12.2. The number of nitrogens with zero attached hydrogens (tertiary/aromatic N) is 6. The molecule has 0 radical (unpaired) electrons. The number of rotatable bonds is 5. The predicted molar refractivity (Wildman–Crippen MR) is 101 cm³/mol. The van der Waals surface area contributed by atoms with Crippen LogP contribution in [-0.2, 0) is 18.9 Å². The fourth-order valence-corrected chi connectivity index (χ4v) is 3.37. The lowest BCUT2D eigenvalue weighted by Crippen LogP contribution is -2.23. The molecule has 9 heteroatoms. The Morgan fingerprint density at radius 2 is 2.04 bits per heavy atom. The summed E-state index contributed by atoms with van der Waals surface area (Å²) in [6.07, 6.45) is 3.45. The fraction of sp³-hybridized carbons (Fsp3) is 0.353. The Morgan fingerprint density at radius 3 is 2.65 bits per heavy atom. The molecule has 0 aliphatic carbocycles. The Bertz CT molecular complexity index is 932. The predicted octanol–water partition coefficient (Wildman–Crippen LogP) is 2.35. The van der Waals surface area contributed by atoms with E-state index in [9.17, 15) is 4.79 Å². The number of hydrogen-bond donors (Lipinski definition) is 1. The van der Waals surface area contributed by atoms with Crippen molar-refractivity contribution in [2.45, 2.75) is 31.2 Å². The number of hydrogen-bond acceptors (Lipinski definition) is 6. The minimum Gasteiger partial charge on any atom is -0.322 e. The average Bonchev–Trinajstić information content (AvgIpc) is 3.10. The molecular formula is C17H21N7OS. The number of carbonyl (C=O) groups excluding carboxylic acids is 1. The van der Waals surface area contributed by atoms with Crippen LogP contribution >= 0.6 is 11.8 Å². The maximum Gasteiger partial charge on any atom is 0.237 e.